The van der Waals surface area contributed by atoms with Crippen molar-refractivity contribution >= 4 is 11.7 Å². The Morgan fingerprint density at radius 1 is 1.90 bits per heavy atom. The van der Waals surface area contributed by atoms with E-state index in [1.165, 1.54) is 5.01 Å². The van der Waals surface area contributed by atoms with E-state index in [-0.39, 0.29) is 0 Å². The van der Waals surface area contributed by atoms with Gasteiger partial charge in [-0.3, -0.25) is 0 Å². The molecule has 0 fully saturated rings. The van der Waals surface area contributed by atoms with Gasteiger partial charge in [-0.15, -0.1) is 0 Å². The molecule has 0 saturated heterocycles. The molecule has 0 unspecified atom stereocenters. The van der Waals surface area contributed by atoms with E-state index in [1.54, 1.807) is 6.08 Å². The van der Waals surface area contributed by atoms with Crippen LogP contribution in [0.3, 0.4) is 0 Å². The molecular weight excluding hydrogens is 130 g/mol. The fraction of sp³-hybridized carbons (Fsp3) is 0.333. The third-order valence-electron chi connectivity index (χ3n) is 1.32. The normalized spacial score (nSPS) is 16.8. The van der Waals surface area contributed by atoms with Gasteiger partial charge in [0.2, 0.25) is 0 Å². The molecule has 4 heteroatoms. The largest absolute Gasteiger partial charge is 0.350 e. The smallest absolute Gasteiger partial charge is 0.335 e. The fourth-order valence-corrected chi connectivity index (χ4v) is 0.778. The van der Waals surface area contributed by atoms with Crippen molar-refractivity contribution in [3.63, 3.8) is 0 Å². The van der Waals surface area contributed by atoms with Crippen molar-refractivity contribution in [1.29, 1.82) is 0 Å². The van der Waals surface area contributed by atoms with Crippen LogP contribution in [0.15, 0.2) is 17.8 Å². The monoisotopic (exact) mass is 139 g/mol. The van der Waals surface area contributed by atoms with Crippen LogP contribution in [0.4, 0.5) is 4.79 Å². The molecular formula is C6H9N3O. The van der Waals surface area contributed by atoms with Crippen LogP contribution in [-0.2, 0) is 0 Å². The maximum absolute atomic E-state index is 10.5. The lowest BCUT2D eigenvalue weighted by Gasteiger charge is -2.04. The van der Waals surface area contributed by atoms with Crippen molar-refractivity contribution in [2.75, 3.05) is 6.54 Å². The molecule has 54 valence electrons. The molecule has 0 aromatic carbocycles. The second-order valence-electron chi connectivity index (χ2n) is 2.01. The number of rotatable bonds is 1. The van der Waals surface area contributed by atoms with Gasteiger partial charge < -0.3 is 5.73 Å². The highest BCUT2D eigenvalue weighted by atomic mass is 16.2. The Morgan fingerprint density at radius 2 is 2.60 bits per heavy atom. The quantitative estimate of drug-likeness (QED) is 0.558. The summed E-state index contributed by atoms with van der Waals surface area (Å²) in [5.41, 5.74) is 5.78. The molecule has 10 heavy (non-hydrogen) atoms. The van der Waals surface area contributed by atoms with Crippen LogP contribution >= 0.6 is 0 Å². The van der Waals surface area contributed by atoms with Crippen LogP contribution < -0.4 is 5.73 Å². The van der Waals surface area contributed by atoms with Gasteiger partial charge >= 0.3 is 6.03 Å². The first-order valence-electron chi connectivity index (χ1n) is 3.01. The minimum absolute atomic E-state index is 0.503. The fourth-order valence-electron chi connectivity index (χ4n) is 0.778. The third kappa shape index (κ3) is 1.15. The van der Waals surface area contributed by atoms with Crippen LogP contribution in [0.25, 0.3) is 0 Å². The first-order valence-corrected chi connectivity index (χ1v) is 3.01. The second-order valence-corrected chi connectivity index (χ2v) is 2.01. The van der Waals surface area contributed by atoms with Gasteiger partial charge in [0, 0.05) is 6.42 Å². The number of hydrogen-bond donors (Lipinski definition) is 1. The van der Waals surface area contributed by atoms with Gasteiger partial charge in [-0.05, 0) is 6.08 Å². The summed E-state index contributed by atoms with van der Waals surface area (Å²) in [7, 11) is 0. The van der Waals surface area contributed by atoms with Gasteiger partial charge in [0.1, 0.15) is 0 Å². The maximum atomic E-state index is 10.5. The summed E-state index contributed by atoms with van der Waals surface area (Å²) >= 11 is 0. The summed E-state index contributed by atoms with van der Waals surface area (Å²) in [4.78, 5) is 10.5. The average Bonchev–Trinajstić information content (AvgIpc) is 2.34. The van der Waals surface area contributed by atoms with Crippen molar-refractivity contribution in [3.8, 4) is 0 Å². The van der Waals surface area contributed by atoms with E-state index >= 15 is 0 Å². The summed E-state index contributed by atoms with van der Waals surface area (Å²) in [6.07, 6.45) is 2.38. The lowest BCUT2D eigenvalue weighted by Crippen LogP contribution is -2.29. The Balaban J connectivity index is 2.63. The Bertz CT molecular complexity index is 197. The number of amides is 2. The number of urea groups is 1. The lowest BCUT2D eigenvalue weighted by molar-refractivity contribution is 0.215. The van der Waals surface area contributed by atoms with Crippen LogP contribution in [0, 0.1) is 0 Å². The number of carbonyl (C=O) groups is 1. The van der Waals surface area contributed by atoms with Crippen molar-refractivity contribution in [1.82, 2.24) is 5.01 Å². The Morgan fingerprint density at radius 3 is 2.90 bits per heavy atom. The molecule has 4 nitrogen and oxygen atoms in total. The van der Waals surface area contributed by atoms with Gasteiger partial charge in [-0.1, -0.05) is 6.58 Å². The van der Waals surface area contributed by atoms with Gasteiger partial charge in [0.25, 0.3) is 0 Å². The highest BCUT2D eigenvalue weighted by Crippen LogP contribution is 2.04. The first kappa shape index (κ1) is 6.80. The standard InChI is InChI=1S/C6H9N3O/c1-2-5-3-4-9(8-5)6(7)10/h2H,1,3-4H2,(H2,7,10). The van der Waals surface area contributed by atoms with Gasteiger partial charge in [0.15, 0.2) is 0 Å². The van der Waals surface area contributed by atoms with Crippen LogP contribution in [0.2, 0.25) is 0 Å². The summed E-state index contributed by atoms with van der Waals surface area (Å²) in [6.45, 7) is 4.11. The number of allylic oxidation sites excluding steroid dienone is 1. The maximum Gasteiger partial charge on any atom is 0.335 e. The minimum Gasteiger partial charge on any atom is -0.350 e. The van der Waals surface area contributed by atoms with Crippen molar-refractivity contribution < 1.29 is 4.79 Å². The molecule has 2 N–H and O–H groups in total. The Hall–Kier alpha value is -1.32. The SMILES string of the molecule is C=CC1=NN(C(N)=O)CC1. The predicted molar refractivity (Wildman–Crippen MR) is 38.5 cm³/mol. The summed E-state index contributed by atoms with van der Waals surface area (Å²) in [5, 5.41) is 5.10. The van der Waals surface area contributed by atoms with E-state index in [0.29, 0.717) is 6.54 Å². The zero-order chi connectivity index (χ0) is 7.56. The molecule has 0 spiro atoms. The van der Waals surface area contributed by atoms with E-state index in [4.69, 9.17) is 5.73 Å². The Kier molecular flexibility index (Phi) is 1.71. The number of carbonyl (C=O) groups excluding carboxylic acids is 1. The van der Waals surface area contributed by atoms with Crippen molar-refractivity contribution in [2.24, 2.45) is 10.8 Å². The molecule has 0 atom stereocenters. The second kappa shape index (κ2) is 2.51. The average molecular weight is 139 g/mol. The zero-order valence-electron chi connectivity index (χ0n) is 5.58. The zero-order valence-corrected chi connectivity index (χ0v) is 5.58. The van der Waals surface area contributed by atoms with E-state index in [9.17, 15) is 4.79 Å². The van der Waals surface area contributed by atoms with E-state index < -0.39 is 6.03 Å². The highest BCUT2D eigenvalue weighted by Gasteiger charge is 2.15. The molecule has 0 saturated carbocycles. The molecule has 0 bridgehead atoms. The summed E-state index contributed by atoms with van der Waals surface area (Å²) in [6, 6.07) is -0.503. The molecule has 2 amide bonds. The first-order chi connectivity index (χ1) is 4.74. The van der Waals surface area contributed by atoms with E-state index in [1.807, 2.05) is 0 Å². The molecule has 1 aliphatic rings. The highest BCUT2D eigenvalue weighted by molar-refractivity contribution is 5.96. The van der Waals surface area contributed by atoms with E-state index in [0.717, 1.165) is 12.1 Å². The number of nitrogens with two attached hydrogens (primary N) is 1. The van der Waals surface area contributed by atoms with Gasteiger partial charge in [0.05, 0.1) is 12.3 Å². The number of hydrogen-bond acceptors (Lipinski definition) is 2. The Labute approximate surface area is 59.0 Å². The molecule has 0 aliphatic carbocycles. The molecule has 1 aliphatic heterocycles. The van der Waals surface area contributed by atoms with Crippen LogP contribution in [-0.4, -0.2) is 23.3 Å². The van der Waals surface area contributed by atoms with Crippen molar-refractivity contribution in [2.45, 2.75) is 6.42 Å². The molecule has 1 rings (SSSR count). The van der Waals surface area contributed by atoms with Crippen molar-refractivity contribution in [3.05, 3.63) is 12.7 Å². The molecule has 1 heterocycles. The lowest BCUT2D eigenvalue weighted by atomic mass is 10.3. The van der Waals surface area contributed by atoms with Gasteiger partial charge in [-0.2, -0.15) is 5.10 Å². The van der Waals surface area contributed by atoms with Gasteiger partial charge in [-0.25, -0.2) is 9.80 Å². The number of hydrazone groups is 1. The molecule has 0 radical (unpaired) electrons. The third-order valence-corrected chi connectivity index (χ3v) is 1.32. The summed E-state index contributed by atoms with van der Waals surface area (Å²) < 4.78 is 0. The topological polar surface area (TPSA) is 58.7 Å². The molecule has 0 aromatic rings. The summed E-state index contributed by atoms with van der Waals surface area (Å²) in [5.74, 6) is 0. The number of primary amides is 1. The molecule has 0 aromatic heterocycles. The van der Waals surface area contributed by atoms with E-state index in [2.05, 4.69) is 11.7 Å². The van der Waals surface area contributed by atoms with Crippen LogP contribution in [0.5, 0.6) is 0 Å². The predicted octanol–water partition coefficient (Wildman–Crippen LogP) is 0.313. The minimum atomic E-state index is -0.503. The number of nitrogens with zero attached hydrogens (tertiary/aromatic N) is 2. The van der Waals surface area contributed by atoms with Crippen LogP contribution in [0.1, 0.15) is 6.42 Å².